The summed E-state index contributed by atoms with van der Waals surface area (Å²) in [6.45, 7) is 9.22. The monoisotopic (exact) mass is 869 g/mol. The molecule has 6 rings (SSSR count). The summed E-state index contributed by atoms with van der Waals surface area (Å²) >= 11 is -2.93. The molecule has 0 radical (unpaired) electrons. The van der Waals surface area contributed by atoms with E-state index in [4.69, 9.17) is 0 Å². The summed E-state index contributed by atoms with van der Waals surface area (Å²) in [4.78, 5) is 0. The first-order chi connectivity index (χ1) is 23.9. The molecule has 0 fully saturated rings. The molecule has 0 nitrogen and oxygen atoms in total. The van der Waals surface area contributed by atoms with Crippen molar-refractivity contribution in [3.05, 3.63) is 129 Å². The summed E-state index contributed by atoms with van der Waals surface area (Å²) < 4.78 is 86.3. The molecule has 2 atom stereocenters. The van der Waals surface area contributed by atoms with E-state index in [1.807, 2.05) is 24.3 Å². The Bertz CT molecular complexity index is 1780. The van der Waals surface area contributed by atoms with E-state index in [2.05, 4.69) is 51.2 Å². The van der Waals surface area contributed by atoms with Gasteiger partial charge in [-0.3, -0.25) is 0 Å². The molecule has 0 spiro atoms. The van der Waals surface area contributed by atoms with Gasteiger partial charge in [-0.2, -0.15) is 0 Å². The Morgan fingerprint density at radius 2 is 0.920 bits per heavy atom. The third-order valence-corrected chi connectivity index (χ3v) is 41.2. The summed E-state index contributed by atoms with van der Waals surface area (Å²) in [5, 5.41) is 0. The summed E-state index contributed by atoms with van der Waals surface area (Å²) in [5.41, 5.74) is 7.29. The zero-order valence-electron chi connectivity index (χ0n) is 29.0. The van der Waals surface area contributed by atoms with Crippen molar-refractivity contribution in [3.63, 3.8) is 0 Å². The van der Waals surface area contributed by atoms with Crippen LogP contribution in [0.15, 0.2) is 96.1 Å². The zero-order chi connectivity index (χ0) is 35.8. The van der Waals surface area contributed by atoms with Crippen molar-refractivity contribution in [1.29, 1.82) is 0 Å². The third-order valence-electron chi connectivity index (χ3n) is 10.3. The quantitative estimate of drug-likeness (QED) is 0.104. The second-order valence-electron chi connectivity index (χ2n) is 13.9. The van der Waals surface area contributed by atoms with Gasteiger partial charge in [-0.1, -0.05) is 0 Å². The predicted octanol–water partition coefficient (Wildman–Crippen LogP) is 13.6. The zero-order valence-corrected chi connectivity index (χ0v) is 33.7. The van der Waals surface area contributed by atoms with Gasteiger partial charge in [-0.15, -0.1) is 0 Å². The molecule has 0 aliphatic heterocycles. The van der Waals surface area contributed by atoms with Gasteiger partial charge in [0.05, 0.1) is 0 Å². The van der Waals surface area contributed by atoms with Crippen LogP contribution in [0.3, 0.4) is 0 Å². The fourth-order valence-electron chi connectivity index (χ4n) is 8.14. The molecule has 261 valence electrons. The first-order valence-electron chi connectivity index (χ1n) is 17.7. The third kappa shape index (κ3) is 7.08. The maximum absolute atomic E-state index is 14.3. The maximum atomic E-state index is 14.3. The van der Waals surface area contributed by atoms with Gasteiger partial charge in [-0.05, 0) is 0 Å². The van der Waals surface area contributed by atoms with Crippen molar-refractivity contribution in [1.82, 2.24) is 0 Å². The van der Waals surface area contributed by atoms with E-state index in [9.17, 15) is 26.3 Å². The van der Waals surface area contributed by atoms with E-state index < -0.39 is 50.1 Å². The van der Waals surface area contributed by atoms with Crippen molar-refractivity contribution >= 4 is 18.1 Å². The SMILES string of the molecule is CCCCC1=Cc2c(-c3ccccc3C(F)(F)F)cccc2[CH]1[Hf]([CH]1C(CCCC)=Cc2c(-c3ccccc3C(F)(F)F)cccc21)[SiH](C)C. The van der Waals surface area contributed by atoms with Crippen molar-refractivity contribution < 1.29 is 46.9 Å². The summed E-state index contributed by atoms with van der Waals surface area (Å²) in [5.74, 6) is -1.34. The van der Waals surface area contributed by atoms with E-state index in [1.165, 1.54) is 35.4 Å². The van der Waals surface area contributed by atoms with Crippen LogP contribution >= 0.6 is 0 Å². The molecule has 0 saturated carbocycles. The Hall–Kier alpha value is -2.97. The molecule has 4 aromatic rings. The van der Waals surface area contributed by atoms with Gasteiger partial charge in [0, 0.05) is 0 Å². The predicted molar refractivity (Wildman–Crippen MR) is 193 cm³/mol. The number of alkyl halides is 6. The van der Waals surface area contributed by atoms with Crippen LogP contribution in [0.1, 0.15) is 93.1 Å². The fourth-order valence-corrected chi connectivity index (χ4v) is 40.6. The van der Waals surface area contributed by atoms with Crippen LogP contribution in [0, 0.1) is 0 Å². The molecule has 0 N–H and O–H groups in total. The summed E-state index contributed by atoms with van der Waals surface area (Å²) in [6.07, 6.45) is 1.32. The molecule has 2 unspecified atom stereocenters. The Labute approximate surface area is 300 Å². The molecule has 2 aliphatic carbocycles. The Morgan fingerprint density at radius 1 is 0.540 bits per heavy atom. The van der Waals surface area contributed by atoms with Gasteiger partial charge < -0.3 is 0 Å². The van der Waals surface area contributed by atoms with Crippen molar-refractivity contribution in [2.45, 2.75) is 85.2 Å². The molecule has 50 heavy (non-hydrogen) atoms. The Balaban J connectivity index is 1.54. The Kier molecular flexibility index (Phi) is 11.0. The average molecular weight is 868 g/mol. The molecule has 0 amide bonds. The standard InChI is InChI=1S/2C20H18F3.C2H7Si.Hf/c2*1-2-3-7-14-12-15-8-6-10-16(18(15)13-14)17-9-4-5-11-19(17)20(21,22)23;1-3-2;/h2*4-6,8-13H,2-3,7H2,1H3;3H,1-2H3;. The van der Waals surface area contributed by atoms with E-state index in [0.717, 1.165) is 60.8 Å². The van der Waals surface area contributed by atoms with Crippen LogP contribution < -0.4 is 0 Å². The van der Waals surface area contributed by atoms with Crippen LogP contribution in [0.25, 0.3) is 34.4 Å². The van der Waals surface area contributed by atoms with Crippen molar-refractivity contribution in [3.8, 4) is 22.3 Å². The number of fused-ring (bicyclic) bond motifs is 2. The minimum absolute atomic E-state index is 0.209. The van der Waals surface area contributed by atoms with Crippen LogP contribution in [0.2, 0.25) is 13.1 Å². The van der Waals surface area contributed by atoms with Crippen LogP contribution in [0.5, 0.6) is 0 Å². The van der Waals surface area contributed by atoms with Crippen molar-refractivity contribution in [2.24, 2.45) is 0 Å². The molecule has 0 bridgehead atoms. The van der Waals surface area contributed by atoms with Gasteiger partial charge in [0.15, 0.2) is 0 Å². The van der Waals surface area contributed by atoms with E-state index in [1.54, 1.807) is 24.3 Å². The number of hydrogen-bond donors (Lipinski definition) is 0. The molecule has 8 heteroatoms. The molecule has 0 heterocycles. The molecule has 2 aliphatic rings. The fraction of sp³-hybridized carbons (Fsp3) is 0.333. The van der Waals surface area contributed by atoms with Crippen LogP contribution in [-0.2, 0) is 33.0 Å². The average Bonchev–Trinajstić information content (AvgIpc) is 3.64. The normalized spacial score (nSPS) is 17.1. The number of unbranched alkanes of at least 4 members (excludes halogenated alkanes) is 2. The van der Waals surface area contributed by atoms with E-state index in [0.29, 0.717) is 11.1 Å². The first kappa shape index (κ1) is 36.8. The van der Waals surface area contributed by atoms with Gasteiger partial charge in [-0.25, -0.2) is 0 Å². The van der Waals surface area contributed by atoms with E-state index >= 15 is 0 Å². The van der Waals surface area contributed by atoms with Crippen LogP contribution in [-0.4, -0.2) is 5.98 Å². The van der Waals surface area contributed by atoms with Gasteiger partial charge in [0.2, 0.25) is 0 Å². The number of rotatable bonds is 11. The molecular weight excluding hydrogens is 825 g/mol. The number of benzene rings is 4. The van der Waals surface area contributed by atoms with Gasteiger partial charge in [0.25, 0.3) is 0 Å². The minimum atomic E-state index is -4.48. The summed E-state index contributed by atoms with van der Waals surface area (Å²) in [7, 11) is 0. The topological polar surface area (TPSA) is 0 Å². The number of allylic oxidation sites excluding steroid dienone is 2. The van der Waals surface area contributed by atoms with Gasteiger partial charge in [0.1, 0.15) is 0 Å². The number of halogens is 6. The second-order valence-corrected chi connectivity index (χ2v) is 41.8. The molecule has 4 aromatic carbocycles. The molecular formula is C42H43F6HfSi. The Morgan fingerprint density at radius 3 is 1.28 bits per heavy atom. The van der Waals surface area contributed by atoms with Crippen molar-refractivity contribution in [2.75, 3.05) is 0 Å². The first-order valence-corrected chi connectivity index (χ1v) is 31.0. The molecule has 0 aromatic heterocycles. The second kappa shape index (κ2) is 14.9. The van der Waals surface area contributed by atoms with Gasteiger partial charge >= 0.3 is 302 Å². The molecule has 0 saturated heterocycles. The van der Waals surface area contributed by atoms with E-state index in [-0.39, 0.29) is 18.5 Å². The summed E-state index contributed by atoms with van der Waals surface area (Å²) in [6, 6.07) is 23.6. The number of hydrogen-bond acceptors (Lipinski definition) is 0. The van der Waals surface area contributed by atoms with Crippen LogP contribution in [0.4, 0.5) is 26.3 Å².